The Bertz CT molecular complexity index is 1140. The van der Waals surface area contributed by atoms with Gasteiger partial charge in [-0.3, -0.25) is 0 Å². The largest absolute Gasteiger partial charge is 0.301 e. The van der Waals surface area contributed by atoms with E-state index < -0.39 is 0 Å². The smallest absolute Gasteiger partial charge is 0.147 e. The topological polar surface area (TPSA) is 27.6 Å². The maximum atomic E-state index is 5.04. The summed E-state index contributed by atoms with van der Waals surface area (Å²) in [6.07, 6.45) is -0.0462. The Morgan fingerprint density at radius 3 is 2.15 bits per heavy atom. The summed E-state index contributed by atoms with van der Waals surface area (Å²) >= 11 is 0. The van der Waals surface area contributed by atoms with Crippen molar-refractivity contribution in [2.45, 2.75) is 6.17 Å². The fourth-order valence-corrected chi connectivity index (χ4v) is 3.78. The Morgan fingerprint density at radius 2 is 1.35 bits per heavy atom. The van der Waals surface area contributed by atoms with Gasteiger partial charge in [0, 0.05) is 18.2 Å². The van der Waals surface area contributed by atoms with Gasteiger partial charge in [-0.05, 0) is 21.5 Å². The van der Waals surface area contributed by atoms with E-state index >= 15 is 0 Å². The molecule has 0 spiro atoms. The summed E-state index contributed by atoms with van der Waals surface area (Å²) in [5.41, 5.74) is 5.81. The number of amidine groups is 1. The molecule has 0 bridgehead atoms. The molecule has 0 fully saturated rings. The molecule has 1 atom stereocenters. The van der Waals surface area contributed by atoms with E-state index in [0.717, 1.165) is 11.4 Å². The fraction of sp³-hybridized carbons (Fsp3) is 0.0870. The van der Waals surface area contributed by atoms with E-state index in [9.17, 15) is 0 Å². The van der Waals surface area contributed by atoms with Crippen LogP contribution in [0.3, 0.4) is 0 Å². The Balaban J connectivity index is 1.65. The number of benzene rings is 4. The van der Waals surface area contributed by atoms with E-state index in [1.54, 1.807) is 0 Å². The van der Waals surface area contributed by atoms with Crippen molar-refractivity contribution < 1.29 is 0 Å². The van der Waals surface area contributed by atoms with Crippen molar-refractivity contribution in [2.75, 3.05) is 7.05 Å². The van der Waals surface area contributed by atoms with Gasteiger partial charge in [0.15, 0.2) is 0 Å². The maximum Gasteiger partial charge on any atom is 0.147 e. The quantitative estimate of drug-likeness (QED) is 0.564. The second kappa shape index (κ2) is 5.97. The average Bonchev–Trinajstić information content (AvgIpc) is 3.08. The molecule has 0 amide bonds. The molecule has 0 saturated heterocycles. The predicted molar refractivity (Wildman–Crippen MR) is 108 cm³/mol. The van der Waals surface area contributed by atoms with Gasteiger partial charge < -0.3 is 5.43 Å². The van der Waals surface area contributed by atoms with Crippen molar-refractivity contribution in [3.63, 3.8) is 0 Å². The normalized spacial score (nSPS) is 17.4. The van der Waals surface area contributed by atoms with Crippen molar-refractivity contribution in [3.8, 4) is 0 Å². The number of hydrazine groups is 1. The molecule has 3 heteroatoms. The first-order valence-corrected chi connectivity index (χ1v) is 8.84. The zero-order valence-electron chi connectivity index (χ0n) is 14.6. The highest BCUT2D eigenvalue weighted by Crippen LogP contribution is 2.31. The molecule has 26 heavy (non-hydrogen) atoms. The third kappa shape index (κ3) is 2.37. The molecule has 1 aliphatic rings. The molecule has 0 aromatic heterocycles. The molecular weight excluding hydrogens is 318 g/mol. The minimum atomic E-state index is -0.0462. The first-order valence-electron chi connectivity index (χ1n) is 8.84. The van der Waals surface area contributed by atoms with Crippen LogP contribution in [0.25, 0.3) is 21.5 Å². The standard InChI is InChI=1S/C23H19N3/c1-26-23(21-15-7-11-17-9-3-5-13-19(17)21)24-22(25-26)20-14-6-10-16-8-2-4-12-18(16)20/h2-15,23H,1H3,(H,24,25). The van der Waals surface area contributed by atoms with E-state index in [1.165, 1.54) is 27.1 Å². The lowest BCUT2D eigenvalue weighted by Crippen LogP contribution is -2.34. The first kappa shape index (κ1) is 15.1. The lowest BCUT2D eigenvalue weighted by atomic mass is 10.0. The summed E-state index contributed by atoms with van der Waals surface area (Å²) in [4.78, 5) is 5.04. The molecule has 0 saturated carbocycles. The summed E-state index contributed by atoms with van der Waals surface area (Å²) in [5, 5.41) is 7.02. The highest BCUT2D eigenvalue weighted by atomic mass is 15.6. The molecule has 126 valence electrons. The number of nitrogens with zero attached hydrogens (tertiary/aromatic N) is 2. The highest BCUT2D eigenvalue weighted by molar-refractivity contribution is 6.10. The summed E-state index contributed by atoms with van der Waals surface area (Å²) in [6.45, 7) is 0. The zero-order chi connectivity index (χ0) is 17.5. The van der Waals surface area contributed by atoms with Gasteiger partial charge in [0.2, 0.25) is 0 Å². The third-order valence-corrected chi connectivity index (χ3v) is 5.05. The summed E-state index contributed by atoms with van der Waals surface area (Å²) < 4.78 is 0. The maximum absolute atomic E-state index is 5.04. The van der Waals surface area contributed by atoms with Crippen molar-refractivity contribution in [3.05, 3.63) is 96.1 Å². The van der Waals surface area contributed by atoms with Crippen LogP contribution in [0.1, 0.15) is 17.3 Å². The second-order valence-electron chi connectivity index (χ2n) is 6.67. The van der Waals surface area contributed by atoms with Gasteiger partial charge in [-0.2, -0.15) is 5.01 Å². The minimum Gasteiger partial charge on any atom is -0.301 e. The van der Waals surface area contributed by atoms with Crippen LogP contribution in [-0.4, -0.2) is 17.9 Å². The van der Waals surface area contributed by atoms with E-state index in [2.05, 4.69) is 95.4 Å². The fourth-order valence-electron chi connectivity index (χ4n) is 3.78. The Kier molecular flexibility index (Phi) is 3.47. The van der Waals surface area contributed by atoms with Crippen LogP contribution in [0, 0.1) is 0 Å². The van der Waals surface area contributed by atoms with Crippen molar-refractivity contribution in [2.24, 2.45) is 4.99 Å². The molecule has 4 aromatic carbocycles. The average molecular weight is 337 g/mol. The molecule has 3 nitrogen and oxygen atoms in total. The van der Waals surface area contributed by atoms with E-state index in [0.29, 0.717) is 0 Å². The number of rotatable bonds is 2. The molecule has 0 aliphatic carbocycles. The van der Waals surface area contributed by atoms with Crippen molar-refractivity contribution in [1.82, 2.24) is 10.4 Å². The Labute approximate surface area is 152 Å². The Hall–Kier alpha value is -3.17. The van der Waals surface area contributed by atoms with Crippen LogP contribution >= 0.6 is 0 Å². The van der Waals surface area contributed by atoms with Gasteiger partial charge in [-0.15, -0.1) is 0 Å². The number of hydrogen-bond acceptors (Lipinski definition) is 3. The summed E-state index contributed by atoms with van der Waals surface area (Å²) in [6, 6.07) is 29.7. The molecule has 1 aliphatic heterocycles. The van der Waals surface area contributed by atoms with Gasteiger partial charge in [0.25, 0.3) is 0 Å². The zero-order valence-corrected chi connectivity index (χ0v) is 14.6. The number of aliphatic imine (C=N–C) groups is 1. The molecule has 0 radical (unpaired) electrons. The highest BCUT2D eigenvalue weighted by Gasteiger charge is 2.26. The first-order chi connectivity index (χ1) is 12.8. The van der Waals surface area contributed by atoms with Gasteiger partial charge in [-0.25, -0.2) is 4.99 Å². The monoisotopic (exact) mass is 337 g/mol. The van der Waals surface area contributed by atoms with Crippen LogP contribution < -0.4 is 5.43 Å². The lowest BCUT2D eigenvalue weighted by molar-refractivity contribution is 0.244. The molecule has 1 heterocycles. The second-order valence-corrected chi connectivity index (χ2v) is 6.67. The third-order valence-electron chi connectivity index (χ3n) is 5.05. The molecule has 4 aromatic rings. The number of fused-ring (bicyclic) bond motifs is 2. The molecule has 1 N–H and O–H groups in total. The Morgan fingerprint density at radius 1 is 0.731 bits per heavy atom. The predicted octanol–water partition coefficient (Wildman–Crippen LogP) is 4.89. The molecular formula is C23H19N3. The molecule has 1 unspecified atom stereocenters. The van der Waals surface area contributed by atoms with Gasteiger partial charge in [0.1, 0.15) is 12.0 Å². The van der Waals surface area contributed by atoms with Gasteiger partial charge >= 0.3 is 0 Å². The van der Waals surface area contributed by atoms with E-state index in [-0.39, 0.29) is 6.17 Å². The minimum absolute atomic E-state index is 0.0462. The van der Waals surface area contributed by atoms with Crippen LogP contribution in [0.5, 0.6) is 0 Å². The molecule has 5 rings (SSSR count). The number of hydrogen-bond donors (Lipinski definition) is 1. The van der Waals surface area contributed by atoms with Gasteiger partial charge in [0.05, 0.1) is 0 Å². The van der Waals surface area contributed by atoms with E-state index in [1.807, 2.05) is 7.05 Å². The van der Waals surface area contributed by atoms with Crippen molar-refractivity contribution in [1.29, 1.82) is 0 Å². The van der Waals surface area contributed by atoms with Crippen LogP contribution in [0.2, 0.25) is 0 Å². The van der Waals surface area contributed by atoms with Crippen molar-refractivity contribution >= 4 is 27.4 Å². The lowest BCUT2D eigenvalue weighted by Gasteiger charge is -2.19. The number of nitrogens with one attached hydrogen (secondary N) is 1. The van der Waals surface area contributed by atoms with Crippen LogP contribution in [-0.2, 0) is 0 Å². The summed E-state index contributed by atoms with van der Waals surface area (Å²) in [7, 11) is 2.05. The summed E-state index contributed by atoms with van der Waals surface area (Å²) in [5.74, 6) is 0.919. The van der Waals surface area contributed by atoms with Gasteiger partial charge in [-0.1, -0.05) is 84.9 Å². The SMILES string of the molecule is CN1NC(c2cccc3ccccc23)=NC1c1cccc2ccccc12. The van der Waals surface area contributed by atoms with Crippen LogP contribution in [0.15, 0.2) is 89.9 Å². The van der Waals surface area contributed by atoms with E-state index in [4.69, 9.17) is 4.99 Å². The van der Waals surface area contributed by atoms with Crippen LogP contribution in [0.4, 0.5) is 0 Å².